The van der Waals surface area contributed by atoms with Gasteiger partial charge in [-0.1, -0.05) is 0 Å². The second-order valence-corrected chi connectivity index (χ2v) is 5.78. The Labute approximate surface area is 127 Å². The standard InChI is InChI=1S/C14H18N6O2/c1-14(13(21)22)4-2-6-19(8-14)11-10(15)12(17-9-16-11)20-7-3-5-18-20/h3,5,7,9H,2,4,6,8,15H2,1H3,(H,21,22). The number of rotatable bonds is 3. The van der Waals surface area contributed by atoms with Crippen molar-refractivity contribution in [2.45, 2.75) is 19.8 Å². The molecule has 2 aromatic rings. The van der Waals surface area contributed by atoms with Crippen LogP contribution in [0.3, 0.4) is 0 Å². The third-order valence-corrected chi connectivity index (χ3v) is 4.08. The van der Waals surface area contributed by atoms with E-state index in [0.29, 0.717) is 30.3 Å². The number of nitrogens with zero attached hydrogens (tertiary/aromatic N) is 5. The maximum absolute atomic E-state index is 11.5. The molecule has 0 amide bonds. The lowest BCUT2D eigenvalue weighted by atomic mass is 9.82. The maximum Gasteiger partial charge on any atom is 0.311 e. The summed E-state index contributed by atoms with van der Waals surface area (Å²) in [5.74, 6) is 0.266. The third kappa shape index (κ3) is 2.36. The van der Waals surface area contributed by atoms with Crippen LogP contribution in [0.1, 0.15) is 19.8 Å². The minimum Gasteiger partial charge on any atom is -0.481 e. The van der Waals surface area contributed by atoms with Crippen molar-refractivity contribution in [2.75, 3.05) is 23.7 Å². The smallest absolute Gasteiger partial charge is 0.311 e. The topological polar surface area (TPSA) is 110 Å². The minimum atomic E-state index is -0.794. The summed E-state index contributed by atoms with van der Waals surface area (Å²) < 4.78 is 1.57. The van der Waals surface area contributed by atoms with Crippen LogP contribution in [0.25, 0.3) is 5.82 Å². The van der Waals surface area contributed by atoms with Gasteiger partial charge in [0.25, 0.3) is 0 Å². The SMILES string of the molecule is CC1(C(=O)O)CCCN(c2ncnc(-n3cccn3)c2N)C1. The first kappa shape index (κ1) is 14.3. The zero-order valence-electron chi connectivity index (χ0n) is 12.3. The molecule has 0 aromatic carbocycles. The monoisotopic (exact) mass is 302 g/mol. The van der Waals surface area contributed by atoms with Gasteiger partial charge < -0.3 is 15.7 Å². The summed E-state index contributed by atoms with van der Waals surface area (Å²) in [5, 5.41) is 13.6. The highest BCUT2D eigenvalue weighted by molar-refractivity contribution is 5.77. The van der Waals surface area contributed by atoms with Gasteiger partial charge >= 0.3 is 5.97 Å². The Kier molecular flexibility index (Phi) is 3.44. The molecule has 22 heavy (non-hydrogen) atoms. The van der Waals surface area contributed by atoms with Crippen LogP contribution in [0.15, 0.2) is 24.8 Å². The summed E-state index contributed by atoms with van der Waals surface area (Å²) in [7, 11) is 0. The fourth-order valence-corrected chi connectivity index (χ4v) is 2.80. The highest BCUT2D eigenvalue weighted by atomic mass is 16.4. The average molecular weight is 302 g/mol. The molecule has 1 aliphatic rings. The quantitative estimate of drug-likeness (QED) is 0.868. The van der Waals surface area contributed by atoms with Crippen LogP contribution in [0.2, 0.25) is 0 Å². The number of carbonyl (C=O) groups is 1. The van der Waals surface area contributed by atoms with Crippen LogP contribution < -0.4 is 10.6 Å². The van der Waals surface area contributed by atoms with Crippen LogP contribution in [0, 0.1) is 5.41 Å². The second kappa shape index (κ2) is 5.28. The molecular weight excluding hydrogens is 284 g/mol. The van der Waals surface area contributed by atoms with Crippen molar-refractivity contribution in [3.8, 4) is 5.82 Å². The van der Waals surface area contributed by atoms with E-state index in [1.165, 1.54) is 6.33 Å². The van der Waals surface area contributed by atoms with Gasteiger partial charge in [-0.15, -0.1) is 0 Å². The molecule has 1 unspecified atom stereocenters. The number of aliphatic carboxylic acids is 1. The molecular formula is C14H18N6O2. The molecule has 0 saturated carbocycles. The number of carboxylic acid groups (broad SMARTS) is 1. The largest absolute Gasteiger partial charge is 0.481 e. The first-order valence-electron chi connectivity index (χ1n) is 7.10. The molecule has 116 valence electrons. The maximum atomic E-state index is 11.5. The number of nitrogens with two attached hydrogens (primary N) is 1. The normalized spacial score (nSPS) is 21.8. The Morgan fingerprint density at radius 1 is 1.41 bits per heavy atom. The molecule has 8 heteroatoms. The van der Waals surface area contributed by atoms with Crippen molar-refractivity contribution >= 4 is 17.5 Å². The Hall–Kier alpha value is -2.64. The van der Waals surface area contributed by atoms with Crippen molar-refractivity contribution in [2.24, 2.45) is 5.41 Å². The predicted molar refractivity (Wildman–Crippen MR) is 80.8 cm³/mol. The lowest BCUT2D eigenvalue weighted by Gasteiger charge is -2.38. The van der Waals surface area contributed by atoms with Crippen molar-refractivity contribution in [3.63, 3.8) is 0 Å². The summed E-state index contributed by atoms with van der Waals surface area (Å²) in [4.78, 5) is 21.8. The number of piperidine rings is 1. The molecule has 0 bridgehead atoms. The molecule has 1 saturated heterocycles. The Balaban J connectivity index is 1.95. The highest BCUT2D eigenvalue weighted by Crippen LogP contribution is 2.34. The van der Waals surface area contributed by atoms with E-state index >= 15 is 0 Å². The molecule has 3 rings (SSSR count). The summed E-state index contributed by atoms with van der Waals surface area (Å²) >= 11 is 0. The lowest BCUT2D eigenvalue weighted by molar-refractivity contribution is -0.148. The van der Waals surface area contributed by atoms with E-state index in [1.54, 1.807) is 30.1 Å². The molecule has 8 nitrogen and oxygen atoms in total. The molecule has 1 atom stereocenters. The fourth-order valence-electron chi connectivity index (χ4n) is 2.80. The molecule has 1 aliphatic heterocycles. The van der Waals surface area contributed by atoms with Gasteiger partial charge in [0.1, 0.15) is 12.0 Å². The summed E-state index contributed by atoms with van der Waals surface area (Å²) in [6.45, 7) is 2.86. The number of carboxylic acids is 1. The molecule has 3 heterocycles. The first-order valence-corrected chi connectivity index (χ1v) is 7.10. The molecule has 1 fully saturated rings. The molecule has 0 aliphatic carbocycles. The van der Waals surface area contributed by atoms with E-state index in [1.807, 2.05) is 4.90 Å². The van der Waals surface area contributed by atoms with Gasteiger partial charge in [-0.2, -0.15) is 5.10 Å². The summed E-state index contributed by atoms with van der Waals surface area (Å²) in [5.41, 5.74) is 5.81. The fraction of sp³-hybridized carbons (Fsp3) is 0.429. The van der Waals surface area contributed by atoms with Crippen molar-refractivity contribution in [1.29, 1.82) is 0 Å². The van der Waals surface area contributed by atoms with E-state index in [9.17, 15) is 9.90 Å². The van der Waals surface area contributed by atoms with Gasteiger partial charge in [0.05, 0.1) is 5.41 Å². The van der Waals surface area contributed by atoms with Crippen LogP contribution in [0.5, 0.6) is 0 Å². The Bertz CT molecular complexity index is 687. The van der Waals surface area contributed by atoms with Crippen LogP contribution in [0.4, 0.5) is 11.5 Å². The second-order valence-electron chi connectivity index (χ2n) is 5.78. The van der Waals surface area contributed by atoms with Crippen molar-refractivity contribution < 1.29 is 9.90 Å². The number of anilines is 2. The number of hydrogen-bond donors (Lipinski definition) is 2. The molecule has 2 aromatic heterocycles. The zero-order chi connectivity index (χ0) is 15.7. The van der Waals surface area contributed by atoms with Crippen molar-refractivity contribution in [1.82, 2.24) is 19.7 Å². The van der Waals surface area contributed by atoms with E-state index in [0.717, 1.165) is 13.0 Å². The van der Waals surface area contributed by atoms with Gasteiger partial charge in [0.15, 0.2) is 11.6 Å². The highest BCUT2D eigenvalue weighted by Gasteiger charge is 2.38. The van der Waals surface area contributed by atoms with E-state index in [2.05, 4.69) is 15.1 Å². The Morgan fingerprint density at radius 3 is 2.86 bits per heavy atom. The Morgan fingerprint density at radius 2 is 2.18 bits per heavy atom. The van der Waals surface area contributed by atoms with Gasteiger partial charge in [0.2, 0.25) is 0 Å². The van der Waals surface area contributed by atoms with Crippen molar-refractivity contribution in [3.05, 3.63) is 24.8 Å². The van der Waals surface area contributed by atoms with Crippen LogP contribution in [-0.4, -0.2) is 43.9 Å². The number of nitrogen functional groups attached to an aromatic ring is 1. The van der Waals surface area contributed by atoms with Crippen LogP contribution >= 0.6 is 0 Å². The van der Waals surface area contributed by atoms with E-state index < -0.39 is 11.4 Å². The molecule has 3 N–H and O–H groups in total. The van der Waals surface area contributed by atoms with Crippen LogP contribution in [-0.2, 0) is 4.79 Å². The average Bonchev–Trinajstić information content (AvgIpc) is 3.01. The lowest BCUT2D eigenvalue weighted by Crippen LogP contribution is -2.46. The predicted octanol–water partition coefficient (Wildman–Crippen LogP) is 0.936. The number of aromatic nitrogens is 4. The van der Waals surface area contributed by atoms with E-state index in [4.69, 9.17) is 5.73 Å². The molecule has 0 spiro atoms. The van der Waals surface area contributed by atoms with Gasteiger partial charge in [-0.3, -0.25) is 4.79 Å². The molecule has 0 radical (unpaired) electrons. The van der Waals surface area contributed by atoms with E-state index in [-0.39, 0.29) is 0 Å². The van der Waals surface area contributed by atoms with Gasteiger partial charge in [0, 0.05) is 25.5 Å². The first-order chi connectivity index (χ1) is 10.5. The minimum absolute atomic E-state index is 0.377. The van der Waals surface area contributed by atoms with Gasteiger partial charge in [-0.25, -0.2) is 14.6 Å². The number of hydrogen-bond acceptors (Lipinski definition) is 6. The third-order valence-electron chi connectivity index (χ3n) is 4.08. The summed E-state index contributed by atoms with van der Waals surface area (Å²) in [6.07, 6.45) is 6.25. The zero-order valence-corrected chi connectivity index (χ0v) is 12.3. The summed E-state index contributed by atoms with van der Waals surface area (Å²) in [6, 6.07) is 1.78. The van der Waals surface area contributed by atoms with Gasteiger partial charge in [-0.05, 0) is 25.8 Å².